The third-order valence-corrected chi connectivity index (χ3v) is 3.71. The van der Waals surface area contributed by atoms with Gasteiger partial charge in [-0.2, -0.15) is 13.2 Å². The van der Waals surface area contributed by atoms with Gasteiger partial charge < -0.3 is 10.2 Å². The van der Waals surface area contributed by atoms with Gasteiger partial charge in [-0.1, -0.05) is 24.3 Å². The molecule has 25 heavy (non-hydrogen) atoms. The molecule has 0 aliphatic carbocycles. The second-order valence-electron chi connectivity index (χ2n) is 5.41. The molecule has 0 radical (unpaired) electrons. The molecule has 5 nitrogen and oxygen atoms in total. The molecule has 1 aromatic heterocycles. The average Bonchev–Trinajstić information content (AvgIpc) is 3.01. The molecule has 0 spiro atoms. The van der Waals surface area contributed by atoms with E-state index < -0.39 is 17.5 Å². The fourth-order valence-corrected chi connectivity index (χ4v) is 2.53. The Morgan fingerprint density at radius 1 is 1.08 bits per heavy atom. The number of hydrogen-bond donors (Lipinski definition) is 2. The van der Waals surface area contributed by atoms with Gasteiger partial charge in [-0.25, -0.2) is 9.89 Å². The number of alkyl halides is 3. The zero-order valence-corrected chi connectivity index (χ0v) is 12.9. The summed E-state index contributed by atoms with van der Waals surface area (Å²) in [7, 11) is 0. The molecule has 3 N–H and O–H groups in total. The third-order valence-electron chi connectivity index (χ3n) is 3.71. The van der Waals surface area contributed by atoms with Crippen LogP contribution in [0, 0.1) is 0 Å². The number of rotatable bonds is 4. The highest BCUT2D eigenvalue weighted by molar-refractivity contribution is 5.73. The summed E-state index contributed by atoms with van der Waals surface area (Å²) < 4.78 is 44.9. The quantitative estimate of drug-likeness (QED) is 0.757. The molecule has 0 aliphatic heterocycles. The Kier molecular flexibility index (Phi) is 4.45. The van der Waals surface area contributed by atoms with Crippen LogP contribution in [0.5, 0.6) is 0 Å². The molecule has 0 amide bonds. The molecule has 0 unspecified atom stereocenters. The van der Waals surface area contributed by atoms with E-state index in [0.717, 1.165) is 11.6 Å². The summed E-state index contributed by atoms with van der Waals surface area (Å²) in [6, 6.07) is 10.2. The minimum atomic E-state index is -4.52. The summed E-state index contributed by atoms with van der Waals surface area (Å²) >= 11 is 0. The highest BCUT2D eigenvalue weighted by Crippen LogP contribution is 2.39. The molecule has 0 saturated heterocycles. The van der Waals surface area contributed by atoms with E-state index in [9.17, 15) is 18.0 Å². The van der Waals surface area contributed by atoms with Gasteiger partial charge in [0.2, 0.25) is 5.89 Å². The van der Waals surface area contributed by atoms with Gasteiger partial charge in [0, 0.05) is 5.56 Å². The molecule has 3 aromatic rings. The van der Waals surface area contributed by atoms with Crippen LogP contribution in [0.15, 0.2) is 51.7 Å². The van der Waals surface area contributed by atoms with Crippen molar-refractivity contribution in [3.05, 3.63) is 64.1 Å². The molecule has 8 heteroatoms. The number of nitrogens with one attached hydrogen (secondary N) is 1. The first-order valence-electron chi connectivity index (χ1n) is 7.45. The fourth-order valence-electron chi connectivity index (χ4n) is 2.53. The van der Waals surface area contributed by atoms with E-state index in [1.54, 1.807) is 24.3 Å². The maximum atomic E-state index is 13.4. The van der Waals surface area contributed by atoms with Crippen LogP contribution in [0.2, 0.25) is 0 Å². The van der Waals surface area contributed by atoms with Crippen molar-refractivity contribution in [2.24, 2.45) is 5.73 Å². The van der Waals surface area contributed by atoms with Crippen molar-refractivity contribution < 1.29 is 17.6 Å². The highest BCUT2D eigenvalue weighted by Gasteiger charge is 2.34. The Hall–Kier alpha value is -2.87. The maximum absolute atomic E-state index is 13.4. The van der Waals surface area contributed by atoms with Crippen LogP contribution >= 0.6 is 0 Å². The van der Waals surface area contributed by atoms with Gasteiger partial charge in [0.1, 0.15) is 0 Å². The Labute approximate surface area is 140 Å². The van der Waals surface area contributed by atoms with Crippen LogP contribution in [0.3, 0.4) is 0 Å². The summed E-state index contributed by atoms with van der Waals surface area (Å²) in [6.45, 7) is 0.459. The monoisotopic (exact) mass is 349 g/mol. The number of aromatic nitrogens is 2. The van der Waals surface area contributed by atoms with Crippen molar-refractivity contribution in [1.29, 1.82) is 0 Å². The minimum Gasteiger partial charge on any atom is -0.388 e. The van der Waals surface area contributed by atoms with E-state index in [1.165, 1.54) is 12.1 Å². The van der Waals surface area contributed by atoms with E-state index in [4.69, 9.17) is 10.2 Å². The molecule has 0 bridgehead atoms. The van der Waals surface area contributed by atoms with Crippen LogP contribution in [-0.2, 0) is 12.6 Å². The summed E-state index contributed by atoms with van der Waals surface area (Å²) in [6.07, 6.45) is -3.87. The molecule has 0 aliphatic rings. The van der Waals surface area contributed by atoms with Crippen LogP contribution in [0.1, 0.15) is 11.1 Å². The smallest absolute Gasteiger partial charge is 0.388 e. The SMILES string of the molecule is NCCc1ccc(-c2cc(-c3n[nH]c(=O)o3)ccc2C(F)(F)F)cc1. The van der Waals surface area contributed by atoms with Crippen LogP contribution < -0.4 is 11.5 Å². The summed E-state index contributed by atoms with van der Waals surface area (Å²) in [5.74, 6) is -0.845. The molecule has 0 saturated carbocycles. The zero-order valence-electron chi connectivity index (χ0n) is 12.9. The predicted molar refractivity (Wildman–Crippen MR) is 85.8 cm³/mol. The van der Waals surface area contributed by atoms with E-state index >= 15 is 0 Å². The molecule has 1 heterocycles. The second kappa shape index (κ2) is 6.56. The number of aromatic amines is 1. The van der Waals surface area contributed by atoms with Crippen molar-refractivity contribution in [1.82, 2.24) is 10.2 Å². The summed E-state index contributed by atoms with van der Waals surface area (Å²) in [5.41, 5.74) is 6.29. The molecule has 2 aromatic carbocycles. The van der Waals surface area contributed by atoms with E-state index in [1.807, 2.05) is 0 Å². The normalized spacial score (nSPS) is 11.7. The standard InChI is InChI=1S/C17H14F3N3O2/c18-17(19,20)14-6-5-12(15-22-23-16(24)25-15)9-13(14)11-3-1-10(2-4-11)7-8-21/h1-6,9H,7-8,21H2,(H,23,24). The maximum Gasteiger partial charge on any atom is 0.434 e. The molecule has 130 valence electrons. The van der Waals surface area contributed by atoms with Gasteiger partial charge in [-0.3, -0.25) is 0 Å². The van der Waals surface area contributed by atoms with Gasteiger partial charge in [0.25, 0.3) is 0 Å². The number of H-pyrrole nitrogens is 1. The first-order valence-corrected chi connectivity index (χ1v) is 7.45. The van der Waals surface area contributed by atoms with Crippen molar-refractivity contribution in [2.75, 3.05) is 6.54 Å². The van der Waals surface area contributed by atoms with Gasteiger partial charge in [-0.05, 0) is 47.9 Å². The number of hydrogen-bond acceptors (Lipinski definition) is 4. The van der Waals surface area contributed by atoms with Gasteiger partial charge in [-0.15, -0.1) is 5.10 Å². The third kappa shape index (κ3) is 3.63. The molecule has 0 atom stereocenters. The molecule has 0 fully saturated rings. The van der Waals surface area contributed by atoms with Crippen molar-refractivity contribution in [2.45, 2.75) is 12.6 Å². The van der Waals surface area contributed by atoms with Crippen molar-refractivity contribution in [3.63, 3.8) is 0 Å². The average molecular weight is 349 g/mol. The summed E-state index contributed by atoms with van der Waals surface area (Å²) in [4.78, 5) is 11.1. The number of benzene rings is 2. The highest BCUT2D eigenvalue weighted by atomic mass is 19.4. The van der Waals surface area contributed by atoms with Gasteiger partial charge in [0.05, 0.1) is 5.56 Å². The van der Waals surface area contributed by atoms with Crippen molar-refractivity contribution >= 4 is 0 Å². The Morgan fingerprint density at radius 3 is 2.32 bits per heavy atom. The molecular weight excluding hydrogens is 335 g/mol. The largest absolute Gasteiger partial charge is 0.434 e. The number of halogens is 3. The zero-order chi connectivity index (χ0) is 18.0. The number of nitrogens with two attached hydrogens (primary N) is 1. The first-order chi connectivity index (χ1) is 11.9. The lowest BCUT2D eigenvalue weighted by molar-refractivity contribution is -0.137. The van der Waals surface area contributed by atoms with E-state index in [-0.39, 0.29) is 17.0 Å². The first kappa shape index (κ1) is 17.0. The van der Waals surface area contributed by atoms with Gasteiger partial charge in [0.15, 0.2) is 0 Å². The molecular formula is C17H14F3N3O2. The Morgan fingerprint density at radius 2 is 1.76 bits per heavy atom. The molecule has 3 rings (SSSR count). The lowest BCUT2D eigenvalue weighted by Gasteiger charge is -2.14. The number of nitrogens with zero attached hydrogens (tertiary/aromatic N) is 1. The van der Waals surface area contributed by atoms with E-state index in [2.05, 4.69) is 10.2 Å². The lowest BCUT2D eigenvalue weighted by atomic mass is 9.95. The van der Waals surface area contributed by atoms with Gasteiger partial charge >= 0.3 is 11.9 Å². The van der Waals surface area contributed by atoms with Crippen LogP contribution in [-0.4, -0.2) is 16.7 Å². The predicted octanol–water partition coefficient (Wildman–Crippen LogP) is 3.22. The summed E-state index contributed by atoms with van der Waals surface area (Å²) in [5, 5.41) is 5.74. The second-order valence-corrected chi connectivity index (χ2v) is 5.41. The minimum absolute atomic E-state index is 0.0186. The topological polar surface area (TPSA) is 84.9 Å². The van der Waals surface area contributed by atoms with Crippen LogP contribution in [0.4, 0.5) is 13.2 Å². The van der Waals surface area contributed by atoms with Crippen molar-refractivity contribution in [3.8, 4) is 22.6 Å². The lowest BCUT2D eigenvalue weighted by Crippen LogP contribution is -2.07. The fraction of sp³-hybridized carbons (Fsp3) is 0.176. The Bertz CT molecular complexity index is 927. The van der Waals surface area contributed by atoms with E-state index in [0.29, 0.717) is 18.5 Å². The van der Waals surface area contributed by atoms with Crippen LogP contribution in [0.25, 0.3) is 22.6 Å². The Balaban J connectivity index is 2.12.